The first-order valence-electron chi connectivity index (χ1n) is 11.6. The summed E-state index contributed by atoms with van der Waals surface area (Å²) in [7, 11) is 0. The number of nitrogens with one attached hydrogen (secondary N) is 3. The minimum atomic E-state index is -0.512. The van der Waals surface area contributed by atoms with Gasteiger partial charge in [0, 0.05) is 25.2 Å². The zero-order valence-corrected chi connectivity index (χ0v) is 18.5. The predicted molar refractivity (Wildman–Crippen MR) is 120 cm³/mol. The van der Waals surface area contributed by atoms with E-state index < -0.39 is 12.1 Å². The number of amides is 3. The molecule has 0 saturated carbocycles. The number of anilines is 1. The molecule has 0 aliphatic carbocycles. The smallest absolute Gasteiger partial charge is 0.319 e. The van der Waals surface area contributed by atoms with Crippen LogP contribution >= 0.6 is 0 Å². The summed E-state index contributed by atoms with van der Waals surface area (Å²) in [5.41, 5.74) is 0.482. The third-order valence-corrected chi connectivity index (χ3v) is 6.11. The van der Waals surface area contributed by atoms with E-state index in [1.807, 2.05) is 0 Å². The minimum absolute atomic E-state index is 0.0575. The van der Waals surface area contributed by atoms with E-state index in [1.165, 1.54) is 43.5 Å². The van der Waals surface area contributed by atoms with Crippen LogP contribution in [0.15, 0.2) is 24.3 Å². The lowest BCUT2D eigenvalue weighted by atomic mass is 9.97. The van der Waals surface area contributed by atoms with Crippen molar-refractivity contribution in [2.24, 2.45) is 0 Å². The maximum Gasteiger partial charge on any atom is 0.319 e. The molecule has 2 saturated heterocycles. The van der Waals surface area contributed by atoms with Crippen molar-refractivity contribution in [2.75, 3.05) is 38.1 Å². The molecule has 3 amide bonds. The number of likely N-dealkylation sites (tertiary alicyclic amines) is 1. The van der Waals surface area contributed by atoms with Gasteiger partial charge < -0.3 is 30.7 Å². The zero-order chi connectivity index (χ0) is 22.8. The SMILES string of the molecule is O=C(CCN1CCCCC1)NCC[C@H]1CC[C@H](NC(=O)Nc2ccc(F)cc2)[C@H](CO)O1. The molecule has 3 atom stereocenters. The van der Waals surface area contributed by atoms with Gasteiger partial charge in [-0.2, -0.15) is 0 Å². The zero-order valence-electron chi connectivity index (χ0n) is 18.5. The highest BCUT2D eigenvalue weighted by atomic mass is 19.1. The van der Waals surface area contributed by atoms with E-state index in [0.717, 1.165) is 26.1 Å². The van der Waals surface area contributed by atoms with E-state index >= 15 is 0 Å². The summed E-state index contributed by atoms with van der Waals surface area (Å²) in [5, 5.41) is 18.1. The Morgan fingerprint density at radius 2 is 1.88 bits per heavy atom. The summed E-state index contributed by atoms with van der Waals surface area (Å²) in [4.78, 5) is 26.7. The minimum Gasteiger partial charge on any atom is -0.394 e. The van der Waals surface area contributed by atoms with Crippen molar-refractivity contribution in [3.63, 3.8) is 0 Å². The van der Waals surface area contributed by atoms with Crippen molar-refractivity contribution in [2.45, 2.75) is 63.2 Å². The molecule has 0 bridgehead atoms. The number of nitrogens with zero attached hydrogens (tertiary/aromatic N) is 1. The van der Waals surface area contributed by atoms with Gasteiger partial charge in [0.15, 0.2) is 0 Å². The summed E-state index contributed by atoms with van der Waals surface area (Å²) < 4.78 is 18.9. The van der Waals surface area contributed by atoms with E-state index in [9.17, 15) is 19.1 Å². The van der Waals surface area contributed by atoms with Gasteiger partial charge in [-0.25, -0.2) is 9.18 Å². The van der Waals surface area contributed by atoms with Gasteiger partial charge in [0.1, 0.15) is 11.9 Å². The van der Waals surface area contributed by atoms with E-state index in [2.05, 4.69) is 20.9 Å². The normalized spacial score (nSPS) is 24.0. The quantitative estimate of drug-likeness (QED) is 0.462. The number of halogens is 1. The summed E-state index contributed by atoms with van der Waals surface area (Å²) in [6.45, 7) is 3.31. The molecule has 2 fully saturated rings. The second-order valence-electron chi connectivity index (χ2n) is 8.56. The lowest BCUT2D eigenvalue weighted by molar-refractivity contribution is -0.122. The Morgan fingerprint density at radius 1 is 1.12 bits per heavy atom. The van der Waals surface area contributed by atoms with Crippen molar-refractivity contribution in [1.82, 2.24) is 15.5 Å². The Bertz CT molecular complexity index is 727. The summed E-state index contributed by atoms with van der Waals surface area (Å²) in [6, 6.07) is 4.75. The fraction of sp³-hybridized carbons (Fsp3) is 0.652. The van der Waals surface area contributed by atoms with Crippen LogP contribution in [0.2, 0.25) is 0 Å². The van der Waals surface area contributed by atoms with Crippen LogP contribution in [0.25, 0.3) is 0 Å². The molecule has 2 heterocycles. The second-order valence-corrected chi connectivity index (χ2v) is 8.56. The van der Waals surface area contributed by atoms with E-state index in [-0.39, 0.29) is 30.5 Å². The number of carbonyl (C=O) groups is 2. The Morgan fingerprint density at radius 3 is 2.59 bits per heavy atom. The van der Waals surface area contributed by atoms with Gasteiger partial charge >= 0.3 is 6.03 Å². The number of carbonyl (C=O) groups excluding carboxylic acids is 2. The van der Waals surface area contributed by atoms with Crippen molar-refractivity contribution < 1.29 is 23.8 Å². The molecule has 0 aromatic heterocycles. The first-order chi connectivity index (χ1) is 15.5. The summed E-state index contributed by atoms with van der Waals surface area (Å²) in [5.74, 6) is -0.316. The molecule has 1 aromatic carbocycles. The van der Waals surface area contributed by atoms with E-state index in [1.54, 1.807) is 0 Å². The van der Waals surface area contributed by atoms with E-state index in [4.69, 9.17) is 4.74 Å². The molecule has 9 heteroatoms. The fourth-order valence-corrected chi connectivity index (χ4v) is 4.28. The number of urea groups is 1. The van der Waals surface area contributed by atoms with Gasteiger partial charge in [0.25, 0.3) is 0 Å². The van der Waals surface area contributed by atoms with Gasteiger partial charge in [-0.1, -0.05) is 6.42 Å². The molecule has 3 rings (SSSR count). The maximum absolute atomic E-state index is 13.0. The van der Waals surface area contributed by atoms with Crippen LogP contribution in [0.1, 0.15) is 44.9 Å². The van der Waals surface area contributed by atoms with E-state index in [0.29, 0.717) is 31.5 Å². The molecule has 32 heavy (non-hydrogen) atoms. The number of ether oxygens (including phenoxy) is 1. The fourth-order valence-electron chi connectivity index (χ4n) is 4.28. The highest BCUT2D eigenvalue weighted by Crippen LogP contribution is 2.22. The molecule has 178 valence electrons. The molecule has 0 spiro atoms. The first kappa shape index (κ1) is 24.4. The lowest BCUT2D eigenvalue weighted by Crippen LogP contribution is -2.52. The van der Waals surface area contributed by atoms with Crippen molar-refractivity contribution in [1.29, 1.82) is 0 Å². The standard InChI is InChI=1S/C23H35FN4O4/c24-17-4-6-18(7-5-17)26-23(31)27-20-9-8-19(32-21(20)16-29)10-12-25-22(30)11-15-28-13-2-1-3-14-28/h4-7,19-21,29H,1-3,8-16H2,(H,25,30)(H2,26,27,31)/t19-,20+,21+/m1/s1. The molecular weight excluding hydrogens is 415 g/mol. The Labute approximate surface area is 188 Å². The van der Waals surface area contributed by atoms with Crippen LogP contribution in [0.4, 0.5) is 14.9 Å². The molecule has 8 nitrogen and oxygen atoms in total. The molecular formula is C23H35FN4O4. The van der Waals surface area contributed by atoms with Gasteiger partial charge in [0.2, 0.25) is 5.91 Å². The van der Waals surface area contributed by atoms with Gasteiger partial charge in [-0.3, -0.25) is 4.79 Å². The molecule has 2 aliphatic heterocycles. The highest BCUT2D eigenvalue weighted by molar-refractivity contribution is 5.89. The Kier molecular flexibility index (Phi) is 9.70. The number of hydrogen-bond donors (Lipinski definition) is 4. The van der Waals surface area contributed by atoms with Crippen LogP contribution < -0.4 is 16.0 Å². The molecule has 0 unspecified atom stereocenters. The summed E-state index contributed by atoms with van der Waals surface area (Å²) >= 11 is 0. The average Bonchev–Trinajstić information content (AvgIpc) is 2.80. The topological polar surface area (TPSA) is 103 Å². The average molecular weight is 451 g/mol. The largest absolute Gasteiger partial charge is 0.394 e. The highest BCUT2D eigenvalue weighted by Gasteiger charge is 2.31. The molecule has 4 N–H and O–H groups in total. The predicted octanol–water partition coefficient (Wildman–Crippen LogP) is 2.24. The molecule has 0 radical (unpaired) electrons. The van der Waals surface area contributed by atoms with Crippen molar-refractivity contribution in [3.8, 4) is 0 Å². The number of rotatable bonds is 9. The maximum atomic E-state index is 13.0. The van der Waals surface area contributed by atoms with Crippen LogP contribution in [0.3, 0.4) is 0 Å². The lowest BCUT2D eigenvalue weighted by Gasteiger charge is -2.36. The summed E-state index contributed by atoms with van der Waals surface area (Å²) in [6.07, 6.45) is 5.70. The number of hydrogen-bond acceptors (Lipinski definition) is 5. The first-order valence-corrected chi connectivity index (χ1v) is 11.6. The number of aliphatic hydroxyl groups is 1. The van der Waals surface area contributed by atoms with Crippen LogP contribution in [0, 0.1) is 5.82 Å². The van der Waals surface area contributed by atoms with Crippen molar-refractivity contribution >= 4 is 17.6 Å². The van der Waals surface area contributed by atoms with Crippen LogP contribution in [-0.2, 0) is 9.53 Å². The number of benzene rings is 1. The van der Waals surface area contributed by atoms with Gasteiger partial charge in [0.05, 0.1) is 18.8 Å². The third kappa shape index (κ3) is 8.03. The molecule has 2 aliphatic rings. The third-order valence-electron chi connectivity index (χ3n) is 6.11. The van der Waals surface area contributed by atoms with Gasteiger partial charge in [-0.15, -0.1) is 0 Å². The van der Waals surface area contributed by atoms with Crippen LogP contribution in [-0.4, -0.2) is 73.0 Å². The second kappa shape index (κ2) is 12.7. The van der Waals surface area contributed by atoms with Crippen LogP contribution in [0.5, 0.6) is 0 Å². The Balaban J connectivity index is 1.33. The number of aliphatic hydroxyl groups excluding tert-OH is 1. The monoisotopic (exact) mass is 450 g/mol. The van der Waals surface area contributed by atoms with Gasteiger partial charge in [-0.05, 0) is 69.5 Å². The van der Waals surface area contributed by atoms with Crippen molar-refractivity contribution in [3.05, 3.63) is 30.1 Å². The Hall–Kier alpha value is -2.23. The molecule has 1 aromatic rings. The number of piperidine rings is 1.